The van der Waals surface area contributed by atoms with Gasteiger partial charge >= 0.3 is 5.97 Å². The molecule has 6 heteroatoms. The van der Waals surface area contributed by atoms with Crippen molar-refractivity contribution in [2.24, 2.45) is 7.05 Å². The number of imidazole rings is 1. The van der Waals surface area contributed by atoms with Gasteiger partial charge in [0, 0.05) is 12.6 Å². The lowest BCUT2D eigenvalue weighted by molar-refractivity contribution is 0.0692. The molecule has 18 heavy (non-hydrogen) atoms. The molecule has 5 nitrogen and oxygen atoms in total. The first-order valence-corrected chi connectivity index (χ1v) is 5.62. The third-order valence-electron chi connectivity index (χ3n) is 2.69. The van der Waals surface area contributed by atoms with Crippen molar-refractivity contribution in [3.05, 3.63) is 34.7 Å². The van der Waals surface area contributed by atoms with Crippen LogP contribution in [0.5, 0.6) is 5.75 Å². The minimum atomic E-state index is -1.03. The summed E-state index contributed by atoms with van der Waals surface area (Å²) in [5, 5.41) is 9.15. The van der Waals surface area contributed by atoms with Gasteiger partial charge in [0.1, 0.15) is 5.75 Å². The molecule has 0 aliphatic carbocycles. The maximum absolute atomic E-state index is 11.2. The summed E-state index contributed by atoms with van der Waals surface area (Å²) in [5.41, 5.74) is 1.41. The van der Waals surface area contributed by atoms with Gasteiger partial charge < -0.3 is 19.4 Å². The van der Waals surface area contributed by atoms with Gasteiger partial charge in [0.05, 0.1) is 12.8 Å². The van der Waals surface area contributed by atoms with E-state index in [2.05, 4.69) is 4.98 Å². The van der Waals surface area contributed by atoms with Crippen LogP contribution in [0, 0.1) is 4.77 Å². The largest absolute Gasteiger partial charge is 0.497 e. The van der Waals surface area contributed by atoms with E-state index in [9.17, 15) is 4.79 Å². The van der Waals surface area contributed by atoms with Crippen molar-refractivity contribution in [1.29, 1.82) is 0 Å². The number of hydrogen-bond acceptors (Lipinski definition) is 3. The molecule has 2 aromatic rings. The van der Waals surface area contributed by atoms with Crippen molar-refractivity contribution < 1.29 is 14.6 Å². The fraction of sp³-hybridized carbons (Fsp3) is 0.167. The molecule has 1 heterocycles. The van der Waals surface area contributed by atoms with Crippen LogP contribution in [0.4, 0.5) is 0 Å². The predicted molar refractivity (Wildman–Crippen MR) is 69.5 cm³/mol. The number of carboxylic acids is 1. The number of nitrogens with one attached hydrogen (secondary N) is 1. The number of aromatic carboxylic acids is 1. The Kier molecular flexibility index (Phi) is 3.20. The summed E-state index contributed by atoms with van der Waals surface area (Å²) in [6.07, 6.45) is 0. The van der Waals surface area contributed by atoms with Gasteiger partial charge in [0.15, 0.2) is 10.5 Å². The van der Waals surface area contributed by atoms with Gasteiger partial charge in [-0.05, 0) is 36.5 Å². The fourth-order valence-electron chi connectivity index (χ4n) is 1.76. The zero-order valence-corrected chi connectivity index (χ0v) is 10.7. The van der Waals surface area contributed by atoms with Gasteiger partial charge in [-0.15, -0.1) is 0 Å². The Morgan fingerprint density at radius 1 is 1.39 bits per heavy atom. The molecule has 1 aromatic carbocycles. The number of H-pyrrole nitrogens is 1. The topological polar surface area (TPSA) is 67.2 Å². The van der Waals surface area contributed by atoms with Crippen molar-refractivity contribution in [2.45, 2.75) is 0 Å². The van der Waals surface area contributed by atoms with Crippen LogP contribution in [-0.4, -0.2) is 27.7 Å². The minimum absolute atomic E-state index is 0.0904. The first kappa shape index (κ1) is 12.4. The highest BCUT2D eigenvalue weighted by atomic mass is 32.1. The molecule has 0 radical (unpaired) electrons. The summed E-state index contributed by atoms with van der Waals surface area (Å²) in [5.74, 6) is -0.320. The van der Waals surface area contributed by atoms with Crippen molar-refractivity contribution in [2.75, 3.05) is 7.11 Å². The SMILES string of the molecule is COc1ccc(-c2c(C(=O)O)[nH]c(=S)n2C)cc1. The lowest BCUT2D eigenvalue weighted by Gasteiger charge is -2.05. The molecule has 2 N–H and O–H groups in total. The zero-order chi connectivity index (χ0) is 13.3. The fourth-order valence-corrected chi connectivity index (χ4v) is 1.95. The van der Waals surface area contributed by atoms with Gasteiger partial charge in [0.25, 0.3) is 0 Å². The van der Waals surface area contributed by atoms with Crippen LogP contribution in [0.15, 0.2) is 24.3 Å². The molecular formula is C12H12N2O3S. The van der Waals surface area contributed by atoms with Crippen molar-refractivity contribution in [1.82, 2.24) is 9.55 Å². The molecule has 2 rings (SSSR count). The van der Waals surface area contributed by atoms with E-state index < -0.39 is 5.97 Å². The maximum Gasteiger partial charge on any atom is 0.354 e. The second kappa shape index (κ2) is 4.66. The van der Waals surface area contributed by atoms with Crippen molar-refractivity contribution >= 4 is 18.2 Å². The molecule has 0 unspecified atom stereocenters. The summed E-state index contributed by atoms with van der Waals surface area (Å²) < 4.78 is 7.08. The first-order valence-electron chi connectivity index (χ1n) is 5.21. The molecular weight excluding hydrogens is 252 g/mol. The summed E-state index contributed by atoms with van der Waals surface area (Å²) in [4.78, 5) is 13.9. The third-order valence-corrected chi connectivity index (χ3v) is 3.06. The van der Waals surface area contributed by atoms with E-state index >= 15 is 0 Å². The molecule has 0 saturated carbocycles. The number of carbonyl (C=O) groups is 1. The number of methoxy groups -OCH3 is 1. The number of nitrogens with zero attached hydrogens (tertiary/aromatic N) is 1. The van der Waals surface area contributed by atoms with Crippen molar-refractivity contribution in [3.63, 3.8) is 0 Å². The van der Waals surface area contributed by atoms with Crippen LogP contribution in [0.25, 0.3) is 11.3 Å². The number of carboxylic acid groups (broad SMARTS) is 1. The average molecular weight is 264 g/mol. The zero-order valence-electron chi connectivity index (χ0n) is 9.93. The van der Waals surface area contributed by atoms with Crippen LogP contribution >= 0.6 is 12.2 Å². The molecule has 0 saturated heterocycles. The number of aromatic nitrogens is 2. The standard InChI is InChI=1S/C12H12N2O3S/c1-14-10(9(11(15)16)13-12(14)18)7-3-5-8(17-2)6-4-7/h3-6H,1-2H3,(H,13,18)(H,15,16). The molecule has 1 aromatic heterocycles. The normalized spacial score (nSPS) is 10.3. The highest BCUT2D eigenvalue weighted by Gasteiger charge is 2.17. The Hall–Kier alpha value is -2.08. The van der Waals surface area contributed by atoms with E-state index in [1.807, 2.05) is 0 Å². The number of aromatic amines is 1. The van der Waals surface area contributed by atoms with Gasteiger partial charge in [-0.25, -0.2) is 4.79 Å². The molecule has 0 aliphatic heterocycles. The number of ether oxygens (including phenoxy) is 1. The summed E-state index contributed by atoms with van der Waals surface area (Å²) in [6, 6.07) is 7.14. The average Bonchev–Trinajstić information content (AvgIpc) is 2.66. The van der Waals surface area contributed by atoms with Crippen LogP contribution in [0.3, 0.4) is 0 Å². The Morgan fingerprint density at radius 2 is 2.00 bits per heavy atom. The highest BCUT2D eigenvalue weighted by molar-refractivity contribution is 7.71. The molecule has 0 fully saturated rings. The van der Waals surface area contributed by atoms with E-state index in [1.165, 1.54) is 0 Å². The number of benzene rings is 1. The maximum atomic E-state index is 11.2. The van der Waals surface area contributed by atoms with Crippen molar-refractivity contribution in [3.8, 4) is 17.0 Å². The number of hydrogen-bond donors (Lipinski definition) is 2. The van der Waals surface area contributed by atoms with Crippen LogP contribution < -0.4 is 4.74 Å². The van der Waals surface area contributed by atoms with Gasteiger partial charge in [0.2, 0.25) is 0 Å². The first-order chi connectivity index (χ1) is 8.54. The van der Waals surface area contributed by atoms with E-state index in [0.29, 0.717) is 16.2 Å². The highest BCUT2D eigenvalue weighted by Crippen LogP contribution is 2.25. The summed E-state index contributed by atoms with van der Waals surface area (Å²) in [7, 11) is 3.31. The molecule has 0 bridgehead atoms. The molecule has 0 spiro atoms. The molecule has 0 amide bonds. The summed E-state index contributed by atoms with van der Waals surface area (Å²) >= 11 is 5.05. The Bertz CT molecular complexity index is 640. The monoisotopic (exact) mass is 264 g/mol. The predicted octanol–water partition coefficient (Wildman–Crippen LogP) is 2.46. The minimum Gasteiger partial charge on any atom is -0.497 e. The van der Waals surface area contributed by atoms with E-state index in [-0.39, 0.29) is 5.69 Å². The molecule has 0 atom stereocenters. The Labute approximate surface area is 109 Å². The lowest BCUT2D eigenvalue weighted by atomic mass is 10.1. The van der Waals surface area contributed by atoms with Gasteiger partial charge in [-0.1, -0.05) is 0 Å². The van der Waals surface area contributed by atoms with E-state index in [0.717, 1.165) is 5.56 Å². The third kappa shape index (κ3) is 2.02. The van der Waals surface area contributed by atoms with Crippen LogP contribution in [-0.2, 0) is 7.05 Å². The van der Waals surface area contributed by atoms with Gasteiger partial charge in [-0.3, -0.25) is 0 Å². The van der Waals surface area contributed by atoms with E-state index in [4.69, 9.17) is 22.1 Å². The second-order valence-corrected chi connectivity index (χ2v) is 4.13. The summed E-state index contributed by atoms with van der Waals surface area (Å²) in [6.45, 7) is 0. The lowest BCUT2D eigenvalue weighted by Crippen LogP contribution is -2.01. The van der Waals surface area contributed by atoms with Crippen LogP contribution in [0.2, 0.25) is 0 Å². The van der Waals surface area contributed by atoms with Crippen LogP contribution in [0.1, 0.15) is 10.5 Å². The number of rotatable bonds is 3. The van der Waals surface area contributed by atoms with E-state index in [1.54, 1.807) is 43.0 Å². The van der Waals surface area contributed by atoms with Gasteiger partial charge in [-0.2, -0.15) is 0 Å². The quantitative estimate of drug-likeness (QED) is 0.836. The Balaban J connectivity index is 2.62. The Morgan fingerprint density at radius 3 is 2.50 bits per heavy atom. The molecule has 0 aliphatic rings. The molecule has 94 valence electrons. The second-order valence-electron chi connectivity index (χ2n) is 3.75. The smallest absolute Gasteiger partial charge is 0.354 e.